The summed E-state index contributed by atoms with van der Waals surface area (Å²) >= 11 is 0. The highest BCUT2D eigenvalue weighted by Crippen LogP contribution is 2.40. The largest absolute Gasteiger partial charge is 0.489 e. The van der Waals surface area contributed by atoms with Gasteiger partial charge in [0.15, 0.2) is 5.76 Å². The molecule has 0 N–H and O–H groups in total. The molecule has 14 heavy (non-hydrogen) atoms. The molecule has 1 nitrogen and oxygen atoms in total. The van der Waals surface area contributed by atoms with E-state index in [1.165, 1.54) is 18.4 Å². The van der Waals surface area contributed by atoms with E-state index in [1.54, 1.807) is 7.11 Å². The quantitative estimate of drug-likeness (QED) is 0.618. The van der Waals surface area contributed by atoms with Gasteiger partial charge < -0.3 is 4.74 Å². The maximum atomic E-state index is 5.13. The van der Waals surface area contributed by atoms with Crippen LogP contribution in [0.3, 0.4) is 0 Å². The van der Waals surface area contributed by atoms with Crippen molar-refractivity contribution >= 4 is 0 Å². The smallest absolute Gasteiger partial charge is 0.161 e. The molecule has 0 radical (unpaired) electrons. The Morgan fingerprint density at radius 3 is 2.86 bits per heavy atom. The van der Waals surface area contributed by atoms with E-state index < -0.39 is 0 Å². The van der Waals surface area contributed by atoms with Gasteiger partial charge in [0, 0.05) is 0 Å². The minimum Gasteiger partial charge on any atom is -0.489 e. The highest BCUT2D eigenvalue weighted by atomic mass is 16.5. The van der Waals surface area contributed by atoms with Gasteiger partial charge in [0.1, 0.15) is 0 Å². The molecule has 0 amide bonds. The zero-order valence-electron chi connectivity index (χ0n) is 8.79. The number of ether oxygens (including phenoxy) is 1. The summed E-state index contributed by atoms with van der Waals surface area (Å²) in [7, 11) is 1.68. The van der Waals surface area contributed by atoms with Crippen molar-refractivity contribution in [3.63, 3.8) is 0 Å². The van der Waals surface area contributed by atoms with Gasteiger partial charge in [-0.1, -0.05) is 24.8 Å². The highest BCUT2D eigenvalue weighted by Gasteiger charge is 2.29. The van der Waals surface area contributed by atoms with Crippen molar-refractivity contribution in [2.45, 2.75) is 19.8 Å². The van der Waals surface area contributed by atoms with Gasteiger partial charge in [-0.05, 0) is 42.4 Å². The van der Waals surface area contributed by atoms with Crippen LogP contribution in [0.1, 0.15) is 19.8 Å². The average Bonchev–Trinajstić information content (AvgIpc) is 3.03. The molecule has 2 aliphatic rings. The molecule has 0 bridgehead atoms. The first kappa shape index (κ1) is 9.36. The Kier molecular flexibility index (Phi) is 2.60. The number of methoxy groups -OCH3 is 1. The summed E-state index contributed by atoms with van der Waals surface area (Å²) in [4.78, 5) is 0. The zero-order chi connectivity index (χ0) is 9.97. The van der Waals surface area contributed by atoms with Gasteiger partial charge in [-0.25, -0.2) is 0 Å². The van der Waals surface area contributed by atoms with Crippen LogP contribution in [0.2, 0.25) is 0 Å². The third-order valence-electron chi connectivity index (χ3n) is 3.00. The van der Waals surface area contributed by atoms with Crippen LogP contribution in [0.25, 0.3) is 0 Å². The molecular formula is C13H16O. The summed E-state index contributed by atoms with van der Waals surface area (Å²) in [5, 5.41) is 0. The Bertz CT molecular complexity index is 336. The lowest BCUT2D eigenvalue weighted by atomic mass is 9.95. The van der Waals surface area contributed by atoms with Crippen molar-refractivity contribution in [1.29, 1.82) is 0 Å². The number of hydrogen-bond donors (Lipinski definition) is 0. The Morgan fingerprint density at radius 2 is 2.21 bits per heavy atom. The van der Waals surface area contributed by atoms with Gasteiger partial charge in [0.05, 0.1) is 7.11 Å². The van der Waals surface area contributed by atoms with Gasteiger partial charge in [-0.15, -0.1) is 0 Å². The van der Waals surface area contributed by atoms with E-state index >= 15 is 0 Å². The fourth-order valence-corrected chi connectivity index (χ4v) is 1.79. The maximum Gasteiger partial charge on any atom is 0.161 e. The summed E-state index contributed by atoms with van der Waals surface area (Å²) in [6.07, 6.45) is 11.0. The summed E-state index contributed by atoms with van der Waals surface area (Å²) in [6.45, 7) is 2.31. The topological polar surface area (TPSA) is 9.23 Å². The van der Waals surface area contributed by atoms with Gasteiger partial charge in [0.25, 0.3) is 0 Å². The molecule has 1 saturated carbocycles. The van der Waals surface area contributed by atoms with E-state index in [2.05, 4.69) is 24.8 Å². The lowest BCUT2D eigenvalue weighted by Gasteiger charge is -2.10. The van der Waals surface area contributed by atoms with Gasteiger partial charge in [-0.3, -0.25) is 0 Å². The summed E-state index contributed by atoms with van der Waals surface area (Å²) in [5.74, 6) is 2.39. The molecule has 1 fully saturated rings. The van der Waals surface area contributed by atoms with Crippen LogP contribution in [-0.4, -0.2) is 7.11 Å². The second kappa shape index (κ2) is 3.89. The molecule has 1 heteroatoms. The van der Waals surface area contributed by atoms with Crippen molar-refractivity contribution in [2.75, 3.05) is 7.11 Å². The van der Waals surface area contributed by atoms with Crippen molar-refractivity contribution in [3.05, 3.63) is 41.4 Å². The van der Waals surface area contributed by atoms with Crippen LogP contribution >= 0.6 is 0 Å². The lowest BCUT2D eigenvalue weighted by Crippen LogP contribution is -1.99. The monoisotopic (exact) mass is 188 g/mol. The molecule has 0 spiro atoms. The Balaban J connectivity index is 2.10. The summed E-state index contributed by atoms with van der Waals surface area (Å²) in [5.41, 5.74) is 4.48. The third-order valence-corrected chi connectivity index (χ3v) is 3.00. The molecule has 0 aliphatic heterocycles. The van der Waals surface area contributed by atoms with Crippen LogP contribution in [0.4, 0.5) is 0 Å². The second-order valence-electron chi connectivity index (χ2n) is 4.01. The highest BCUT2D eigenvalue weighted by molar-refractivity contribution is 5.34. The van der Waals surface area contributed by atoms with Gasteiger partial charge >= 0.3 is 0 Å². The maximum absolute atomic E-state index is 5.13. The molecule has 2 rings (SSSR count). The minimum atomic E-state index is 0.681. The summed E-state index contributed by atoms with van der Waals surface area (Å²) in [6, 6.07) is 0. The predicted octanol–water partition coefficient (Wildman–Crippen LogP) is 3.21. The average molecular weight is 188 g/mol. The minimum absolute atomic E-state index is 0.681. The first-order valence-electron chi connectivity index (χ1n) is 5.20. The van der Waals surface area contributed by atoms with Crippen LogP contribution < -0.4 is 0 Å². The van der Waals surface area contributed by atoms with Crippen LogP contribution in [0, 0.1) is 11.8 Å². The van der Waals surface area contributed by atoms with E-state index in [1.807, 2.05) is 12.2 Å². The molecule has 0 aromatic carbocycles. The fraction of sp³-hybridized carbons (Fsp3) is 0.462. The van der Waals surface area contributed by atoms with E-state index in [9.17, 15) is 0 Å². The van der Waals surface area contributed by atoms with Crippen molar-refractivity contribution in [2.24, 2.45) is 11.8 Å². The SMILES string of the molecule is COC1=C=CC=C(C(C)C2CC2)C=C1. The number of rotatable bonds is 3. The van der Waals surface area contributed by atoms with Crippen molar-refractivity contribution < 1.29 is 4.74 Å². The summed E-state index contributed by atoms with van der Waals surface area (Å²) < 4.78 is 5.13. The van der Waals surface area contributed by atoms with E-state index in [0.29, 0.717) is 5.92 Å². The molecule has 0 aromatic rings. The normalized spacial score (nSPS) is 22.4. The molecule has 2 aliphatic carbocycles. The fourth-order valence-electron chi connectivity index (χ4n) is 1.79. The lowest BCUT2D eigenvalue weighted by molar-refractivity contribution is 0.308. The molecule has 0 aromatic heterocycles. The molecule has 1 unspecified atom stereocenters. The second-order valence-corrected chi connectivity index (χ2v) is 4.01. The molecule has 1 atom stereocenters. The standard InChI is InChI=1S/C13H16O/c1-10(12-6-7-12)11-4-3-5-13(14-2)9-8-11/h3-4,8-10,12H,6-7H2,1-2H3. The molecule has 0 heterocycles. The molecule has 74 valence electrons. The first-order valence-corrected chi connectivity index (χ1v) is 5.20. The van der Waals surface area contributed by atoms with E-state index in [4.69, 9.17) is 4.74 Å². The van der Waals surface area contributed by atoms with Crippen molar-refractivity contribution in [3.8, 4) is 0 Å². The van der Waals surface area contributed by atoms with Gasteiger partial charge in [-0.2, -0.15) is 0 Å². The van der Waals surface area contributed by atoms with Crippen LogP contribution in [-0.2, 0) is 4.74 Å². The Labute approximate surface area is 85.5 Å². The van der Waals surface area contributed by atoms with Crippen LogP contribution in [0.5, 0.6) is 0 Å². The van der Waals surface area contributed by atoms with Crippen molar-refractivity contribution in [1.82, 2.24) is 0 Å². The van der Waals surface area contributed by atoms with Crippen LogP contribution in [0.15, 0.2) is 41.4 Å². The first-order chi connectivity index (χ1) is 6.81. The Hall–Kier alpha value is -1.20. The third kappa shape index (κ3) is 2.00. The van der Waals surface area contributed by atoms with Gasteiger partial charge in [0.2, 0.25) is 0 Å². The van der Waals surface area contributed by atoms with E-state index in [0.717, 1.165) is 11.7 Å². The van der Waals surface area contributed by atoms with E-state index in [-0.39, 0.29) is 0 Å². The number of allylic oxidation sites excluding steroid dienone is 4. The zero-order valence-corrected chi connectivity index (χ0v) is 8.79. The molecular weight excluding hydrogens is 172 g/mol. The predicted molar refractivity (Wildman–Crippen MR) is 57.7 cm³/mol. The molecule has 0 saturated heterocycles. The Morgan fingerprint density at radius 1 is 1.43 bits per heavy atom. The number of hydrogen-bond acceptors (Lipinski definition) is 1.